The van der Waals surface area contributed by atoms with Crippen molar-refractivity contribution in [3.05, 3.63) is 33.4 Å². The van der Waals surface area contributed by atoms with Gasteiger partial charge in [0.15, 0.2) is 0 Å². The van der Waals surface area contributed by atoms with Crippen LogP contribution < -0.4 is 10.6 Å². The summed E-state index contributed by atoms with van der Waals surface area (Å²) in [5.74, 6) is -1.22. The number of rotatable bonds is 4. The molecule has 1 saturated heterocycles. The first-order valence-corrected chi connectivity index (χ1v) is 7.22. The number of urea groups is 1. The number of nitro groups is 1. The number of carbonyl (C=O) groups is 3. The van der Waals surface area contributed by atoms with E-state index in [0.717, 1.165) is 16.0 Å². The number of hydrogen-bond acceptors (Lipinski definition) is 5. The molecule has 24 heavy (non-hydrogen) atoms. The lowest BCUT2D eigenvalue weighted by Crippen LogP contribution is -2.41. The standard InChI is InChI=1S/C15H18N4O5/c1-8-5-10(11(19(23)24)6-9(8)2)16-12(20)7-18-13(21)15(3,4)17-14(18)22/h5-6H,7H2,1-4H3,(H,16,20)(H,17,22). The molecule has 2 N–H and O–H groups in total. The number of anilines is 1. The number of nitro benzene ring substituents is 1. The summed E-state index contributed by atoms with van der Waals surface area (Å²) in [7, 11) is 0. The maximum absolute atomic E-state index is 12.1. The summed E-state index contributed by atoms with van der Waals surface area (Å²) in [5, 5.41) is 16.0. The summed E-state index contributed by atoms with van der Waals surface area (Å²) in [4.78, 5) is 47.3. The zero-order chi connectivity index (χ0) is 18.2. The van der Waals surface area contributed by atoms with Crippen molar-refractivity contribution in [2.75, 3.05) is 11.9 Å². The topological polar surface area (TPSA) is 122 Å². The molecule has 0 atom stereocenters. The molecule has 0 aromatic heterocycles. The van der Waals surface area contributed by atoms with E-state index in [1.54, 1.807) is 13.8 Å². The van der Waals surface area contributed by atoms with Crippen LogP contribution in [0.5, 0.6) is 0 Å². The van der Waals surface area contributed by atoms with Gasteiger partial charge in [0, 0.05) is 6.07 Å². The molecule has 0 aliphatic carbocycles. The molecule has 1 fully saturated rings. The SMILES string of the molecule is Cc1cc(NC(=O)CN2C(=O)NC(C)(C)C2=O)c([N+](=O)[O-])cc1C. The Balaban J connectivity index is 2.19. The van der Waals surface area contributed by atoms with Crippen LogP contribution in [0, 0.1) is 24.0 Å². The number of hydrogen-bond donors (Lipinski definition) is 2. The molecule has 2 rings (SSSR count). The van der Waals surface area contributed by atoms with Gasteiger partial charge >= 0.3 is 6.03 Å². The second-order valence-electron chi connectivity index (χ2n) is 6.21. The number of imide groups is 1. The second kappa shape index (κ2) is 5.91. The minimum absolute atomic E-state index is 0.0272. The van der Waals surface area contributed by atoms with Crippen molar-refractivity contribution in [2.45, 2.75) is 33.2 Å². The third-order valence-electron chi connectivity index (χ3n) is 3.83. The number of nitrogens with one attached hydrogen (secondary N) is 2. The van der Waals surface area contributed by atoms with Crippen LogP contribution in [0.2, 0.25) is 0 Å². The summed E-state index contributed by atoms with van der Waals surface area (Å²) in [6.07, 6.45) is 0. The van der Waals surface area contributed by atoms with Crippen molar-refractivity contribution in [1.29, 1.82) is 0 Å². The lowest BCUT2D eigenvalue weighted by atomic mass is 10.1. The summed E-state index contributed by atoms with van der Waals surface area (Å²) in [6, 6.07) is 2.18. The van der Waals surface area contributed by atoms with Crippen LogP contribution in [0.1, 0.15) is 25.0 Å². The Hall–Kier alpha value is -2.97. The van der Waals surface area contributed by atoms with E-state index in [9.17, 15) is 24.5 Å². The molecule has 1 aliphatic heterocycles. The van der Waals surface area contributed by atoms with Gasteiger partial charge in [-0.3, -0.25) is 24.6 Å². The fourth-order valence-electron chi connectivity index (χ4n) is 2.35. The van der Waals surface area contributed by atoms with Gasteiger partial charge < -0.3 is 10.6 Å². The summed E-state index contributed by atoms with van der Waals surface area (Å²) >= 11 is 0. The number of nitrogens with zero attached hydrogens (tertiary/aromatic N) is 2. The van der Waals surface area contributed by atoms with Crippen molar-refractivity contribution in [2.24, 2.45) is 0 Å². The van der Waals surface area contributed by atoms with Crippen molar-refractivity contribution >= 4 is 29.2 Å². The molecule has 0 unspecified atom stereocenters. The predicted octanol–water partition coefficient (Wildman–Crippen LogP) is 1.48. The molecule has 1 aromatic carbocycles. The maximum Gasteiger partial charge on any atom is 0.325 e. The van der Waals surface area contributed by atoms with Gasteiger partial charge in [-0.2, -0.15) is 0 Å². The molecule has 1 aliphatic rings. The highest BCUT2D eigenvalue weighted by Gasteiger charge is 2.44. The van der Waals surface area contributed by atoms with Gasteiger partial charge in [0.25, 0.3) is 11.6 Å². The van der Waals surface area contributed by atoms with Crippen LogP contribution in [-0.2, 0) is 9.59 Å². The van der Waals surface area contributed by atoms with E-state index in [2.05, 4.69) is 10.6 Å². The first kappa shape index (κ1) is 17.4. The normalized spacial score (nSPS) is 16.1. The van der Waals surface area contributed by atoms with Crippen molar-refractivity contribution in [1.82, 2.24) is 10.2 Å². The summed E-state index contributed by atoms with van der Waals surface area (Å²) < 4.78 is 0. The van der Waals surface area contributed by atoms with Gasteiger partial charge in [-0.1, -0.05) is 0 Å². The Bertz CT molecular complexity index is 756. The van der Waals surface area contributed by atoms with Crippen LogP contribution in [-0.4, -0.2) is 39.8 Å². The van der Waals surface area contributed by atoms with Crippen LogP contribution >= 0.6 is 0 Å². The van der Waals surface area contributed by atoms with Gasteiger partial charge in [0.2, 0.25) is 5.91 Å². The van der Waals surface area contributed by atoms with Gasteiger partial charge in [0.1, 0.15) is 17.8 Å². The van der Waals surface area contributed by atoms with Gasteiger partial charge in [0.05, 0.1) is 4.92 Å². The quantitative estimate of drug-likeness (QED) is 0.490. The molecule has 9 heteroatoms. The average Bonchev–Trinajstić information content (AvgIpc) is 2.64. The smallest absolute Gasteiger partial charge is 0.324 e. The molecule has 1 aromatic rings. The zero-order valence-corrected chi connectivity index (χ0v) is 13.8. The minimum atomic E-state index is -1.08. The largest absolute Gasteiger partial charge is 0.325 e. The van der Waals surface area contributed by atoms with Crippen LogP contribution in [0.4, 0.5) is 16.2 Å². The van der Waals surface area contributed by atoms with Gasteiger partial charge in [-0.15, -0.1) is 0 Å². The molecule has 0 bridgehead atoms. The zero-order valence-electron chi connectivity index (χ0n) is 13.8. The molecule has 4 amide bonds. The first-order valence-electron chi connectivity index (χ1n) is 7.22. The van der Waals surface area contributed by atoms with E-state index in [1.165, 1.54) is 26.0 Å². The van der Waals surface area contributed by atoms with Crippen molar-refractivity contribution in [3.8, 4) is 0 Å². The molecule has 128 valence electrons. The highest BCUT2D eigenvalue weighted by molar-refractivity contribution is 6.09. The van der Waals surface area contributed by atoms with E-state index >= 15 is 0 Å². The van der Waals surface area contributed by atoms with E-state index in [1.807, 2.05) is 0 Å². The third kappa shape index (κ3) is 3.19. The summed E-state index contributed by atoms with van der Waals surface area (Å²) in [5.41, 5.74) is 0.190. The highest BCUT2D eigenvalue weighted by atomic mass is 16.6. The maximum atomic E-state index is 12.1. The lowest BCUT2D eigenvalue weighted by molar-refractivity contribution is -0.384. The van der Waals surface area contributed by atoms with Gasteiger partial charge in [-0.05, 0) is 44.9 Å². The molecule has 9 nitrogen and oxygen atoms in total. The predicted molar refractivity (Wildman–Crippen MR) is 85.5 cm³/mol. The molecule has 1 heterocycles. The Labute approximate surface area is 138 Å². The minimum Gasteiger partial charge on any atom is -0.324 e. The number of carbonyl (C=O) groups excluding carboxylic acids is 3. The Morgan fingerprint density at radius 2 is 1.88 bits per heavy atom. The van der Waals surface area contributed by atoms with E-state index in [-0.39, 0.29) is 11.4 Å². The number of benzene rings is 1. The Morgan fingerprint density at radius 3 is 2.38 bits per heavy atom. The average molecular weight is 334 g/mol. The van der Waals surface area contributed by atoms with Gasteiger partial charge in [-0.25, -0.2) is 4.79 Å². The fraction of sp³-hybridized carbons (Fsp3) is 0.400. The third-order valence-corrected chi connectivity index (χ3v) is 3.83. The second-order valence-corrected chi connectivity index (χ2v) is 6.21. The number of amides is 4. The van der Waals surface area contributed by atoms with Crippen molar-refractivity contribution < 1.29 is 19.3 Å². The molecular weight excluding hydrogens is 316 g/mol. The fourth-order valence-corrected chi connectivity index (χ4v) is 2.35. The van der Waals surface area contributed by atoms with E-state index in [4.69, 9.17) is 0 Å². The number of aryl methyl sites for hydroxylation is 2. The van der Waals surface area contributed by atoms with Crippen LogP contribution in [0.25, 0.3) is 0 Å². The molecule has 0 spiro atoms. The monoisotopic (exact) mass is 334 g/mol. The molecular formula is C15H18N4O5. The van der Waals surface area contributed by atoms with E-state index < -0.39 is 34.9 Å². The lowest BCUT2D eigenvalue weighted by Gasteiger charge is -2.16. The van der Waals surface area contributed by atoms with Crippen molar-refractivity contribution in [3.63, 3.8) is 0 Å². The van der Waals surface area contributed by atoms with E-state index in [0.29, 0.717) is 0 Å². The first-order chi connectivity index (χ1) is 11.0. The highest BCUT2D eigenvalue weighted by Crippen LogP contribution is 2.28. The molecule has 0 radical (unpaired) electrons. The Morgan fingerprint density at radius 1 is 1.29 bits per heavy atom. The molecule has 0 saturated carbocycles. The van der Waals surface area contributed by atoms with Crippen LogP contribution in [0.15, 0.2) is 12.1 Å². The summed E-state index contributed by atoms with van der Waals surface area (Å²) in [6.45, 7) is 6.02. The van der Waals surface area contributed by atoms with Crippen LogP contribution in [0.3, 0.4) is 0 Å². The Kier molecular flexibility index (Phi) is 4.28.